The molecule has 48 heavy (non-hydrogen) atoms. The zero-order valence-corrected chi connectivity index (χ0v) is 28.7. The number of ether oxygens (including phenoxy) is 3. The first kappa shape index (κ1) is 34.9. The maximum absolute atomic E-state index is 14.2. The lowest BCUT2D eigenvalue weighted by molar-refractivity contribution is -0.132. The number of unbranched alkanes of at least 4 members (excludes halogenated alkanes) is 2. The predicted octanol–water partition coefficient (Wildman–Crippen LogP) is 8.35. The number of aliphatic hydroxyl groups is 1. The van der Waals surface area contributed by atoms with Gasteiger partial charge in [0.2, 0.25) is 5.13 Å². The molecule has 4 aromatic rings. The van der Waals surface area contributed by atoms with Gasteiger partial charge >= 0.3 is 5.91 Å². The molecular weight excluding hydrogens is 654 g/mol. The van der Waals surface area contributed by atoms with Crippen LogP contribution >= 0.6 is 23.1 Å². The summed E-state index contributed by atoms with van der Waals surface area (Å²) in [7, 11) is 0. The minimum Gasteiger partial charge on any atom is -0.507 e. The number of benzene rings is 3. The summed E-state index contributed by atoms with van der Waals surface area (Å²) < 4.78 is 32.4. The molecule has 0 saturated carbocycles. The van der Waals surface area contributed by atoms with E-state index in [9.17, 15) is 19.1 Å². The molecule has 1 aliphatic rings. The molecular formula is C36H38FN3O6S2. The number of aromatic nitrogens is 2. The van der Waals surface area contributed by atoms with E-state index in [0.717, 1.165) is 37.0 Å². The first-order valence-electron chi connectivity index (χ1n) is 16.0. The zero-order valence-electron chi connectivity index (χ0n) is 27.1. The number of amides is 1. The van der Waals surface area contributed by atoms with Crippen LogP contribution in [0.5, 0.6) is 17.2 Å². The van der Waals surface area contributed by atoms with Gasteiger partial charge < -0.3 is 19.3 Å². The molecule has 12 heteroatoms. The Morgan fingerprint density at radius 2 is 1.71 bits per heavy atom. The summed E-state index contributed by atoms with van der Waals surface area (Å²) in [5.41, 5.74) is 1.27. The standard InChI is InChI=1S/C36H38FN3O6S2/c1-4-7-10-20-46-28-18-15-24(21-29(28)44-6-3)31-30(32(41)23-13-16-26(17-14-23)45-19-5-2)33(42)34(43)40(31)35-38-39-36(48-35)47-22-25-11-8-9-12-27(25)37/h8-9,11-18,21,31,41H,4-7,10,19-20,22H2,1-3H3/b32-30+. The van der Waals surface area contributed by atoms with E-state index in [1.807, 2.05) is 13.8 Å². The molecule has 9 nitrogen and oxygen atoms in total. The van der Waals surface area contributed by atoms with Crippen LogP contribution in [0.1, 0.15) is 69.2 Å². The average molecular weight is 692 g/mol. The second-order valence-electron chi connectivity index (χ2n) is 11.0. The number of halogens is 1. The summed E-state index contributed by atoms with van der Waals surface area (Å²) in [4.78, 5) is 28.8. The maximum Gasteiger partial charge on any atom is 0.301 e. The van der Waals surface area contributed by atoms with E-state index in [1.54, 1.807) is 60.7 Å². The maximum atomic E-state index is 14.2. The van der Waals surface area contributed by atoms with Gasteiger partial charge in [-0.15, -0.1) is 10.2 Å². The smallest absolute Gasteiger partial charge is 0.301 e. The number of hydrogen-bond donors (Lipinski definition) is 1. The van der Waals surface area contributed by atoms with Gasteiger partial charge in [-0.05, 0) is 73.4 Å². The SMILES string of the molecule is CCCCCOc1ccc(C2/C(=C(\O)c3ccc(OCCC)cc3)C(=O)C(=O)N2c2nnc(SCc3ccccc3F)s2)cc1OCC. The van der Waals surface area contributed by atoms with Crippen molar-refractivity contribution in [1.82, 2.24) is 10.2 Å². The second-order valence-corrected chi connectivity index (χ2v) is 13.1. The molecule has 1 aromatic heterocycles. The molecule has 0 bridgehead atoms. The van der Waals surface area contributed by atoms with Crippen LogP contribution < -0.4 is 19.1 Å². The van der Waals surface area contributed by atoms with Gasteiger partial charge in [0.15, 0.2) is 15.8 Å². The Labute approximate surface area is 287 Å². The monoisotopic (exact) mass is 691 g/mol. The molecule has 2 heterocycles. The Balaban J connectivity index is 1.54. The highest BCUT2D eigenvalue weighted by Gasteiger charge is 2.48. The summed E-state index contributed by atoms with van der Waals surface area (Å²) in [5, 5.41) is 20.3. The number of carbonyl (C=O) groups excluding carboxylic acids is 2. The second kappa shape index (κ2) is 16.6. The van der Waals surface area contributed by atoms with Crippen molar-refractivity contribution in [2.24, 2.45) is 0 Å². The highest BCUT2D eigenvalue weighted by molar-refractivity contribution is 8.00. The van der Waals surface area contributed by atoms with Gasteiger partial charge in [0.05, 0.1) is 31.4 Å². The van der Waals surface area contributed by atoms with Crippen LogP contribution in [0.15, 0.2) is 76.6 Å². The summed E-state index contributed by atoms with van der Waals surface area (Å²) in [6.45, 7) is 7.40. The number of nitrogens with zero attached hydrogens (tertiary/aromatic N) is 3. The van der Waals surface area contributed by atoms with Crippen LogP contribution in [0.2, 0.25) is 0 Å². The van der Waals surface area contributed by atoms with Crippen molar-refractivity contribution >= 4 is 45.7 Å². The average Bonchev–Trinajstić information content (AvgIpc) is 3.67. The molecule has 252 valence electrons. The zero-order chi connectivity index (χ0) is 34.0. The topological polar surface area (TPSA) is 111 Å². The minimum absolute atomic E-state index is 0.1000. The van der Waals surface area contributed by atoms with E-state index < -0.39 is 17.7 Å². The highest BCUT2D eigenvalue weighted by atomic mass is 32.2. The largest absolute Gasteiger partial charge is 0.507 e. The Bertz CT molecular complexity index is 1760. The molecule has 3 aromatic carbocycles. The molecule has 1 saturated heterocycles. The summed E-state index contributed by atoms with van der Waals surface area (Å²) in [5.74, 6) is -0.462. The minimum atomic E-state index is -1.05. The van der Waals surface area contributed by atoms with Crippen molar-refractivity contribution in [2.45, 2.75) is 62.6 Å². The fraction of sp³-hybridized carbons (Fsp3) is 0.333. The lowest BCUT2D eigenvalue weighted by Gasteiger charge is -2.23. The van der Waals surface area contributed by atoms with E-state index in [0.29, 0.717) is 63.9 Å². The van der Waals surface area contributed by atoms with Crippen LogP contribution in [0, 0.1) is 5.82 Å². The van der Waals surface area contributed by atoms with Gasteiger partial charge in [0, 0.05) is 11.3 Å². The summed E-state index contributed by atoms with van der Waals surface area (Å²) in [6.07, 6.45) is 3.82. The molecule has 0 aliphatic carbocycles. The molecule has 1 N–H and O–H groups in total. The lowest BCUT2D eigenvalue weighted by atomic mass is 9.95. The quantitative estimate of drug-likeness (QED) is 0.0310. The number of anilines is 1. The number of aliphatic hydroxyl groups excluding tert-OH is 1. The number of carbonyl (C=O) groups is 2. The van der Waals surface area contributed by atoms with Crippen LogP contribution in [0.3, 0.4) is 0 Å². The third-order valence-corrected chi connectivity index (χ3v) is 9.65. The van der Waals surface area contributed by atoms with E-state index in [1.165, 1.54) is 22.7 Å². The first-order chi connectivity index (χ1) is 23.4. The highest BCUT2D eigenvalue weighted by Crippen LogP contribution is 2.46. The Hall–Kier alpha value is -4.42. The van der Waals surface area contributed by atoms with Crippen molar-refractivity contribution in [3.63, 3.8) is 0 Å². The van der Waals surface area contributed by atoms with Crippen molar-refractivity contribution in [3.8, 4) is 17.2 Å². The van der Waals surface area contributed by atoms with Gasteiger partial charge in [-0.2, -0.15) is 0 Å². The van der Waals surface area contributed by atoms with Crippen LogP contribution in [-0.4, -0.2) is 46.8 Å². The number of Topliss-reactive ketones (excluding diaryl/α,β-unsaturated/α-hetero) is 1. The van der Waals surface area contributed by atoms with Gasteiger partial charge in [0.25, 0.3) is 5.78 Å². The molecule has 1 unspecified atom stereocenters. The molecule has 0 radical (unpaired) electrons. The molecule has 0 spiro atoms. The van der Waals surface area contributed by atoms with Crippen LogP contribution in [0.25, 0.3) is 5.76 Å². The van der Waals surface area contributed by atoms with E-state index in [2.05, 4.69) is 17.1 Å². The van der Waals surface area contributed by atoms with Crippen molar-refractivity contribution in [2.75, 3.05) is 24.7 Å². The fourth-order valence-electron chi connectivity index (χ4n) is 5.16. The number of ketones is 1. The van der Waals surface area contributed by atoms with Crippen molar-refractivity contribution in [1.29, 1.82) is 0 Å². The molecule has 1 fully saturated rings. The fourth-order valence-corrected chi connectivity index (χ4v) is 7.01. The molecule has 5 rings (SSSR count). The van der Waals surface area contributed by atoms with Gasteiger partial charge in [-0.1, -0.05) is 74.1 Å². The van der Waals surface area contributed by atoms with E-state index >= 15 is 0 Å². The Morgan fingerprint density at radius 1 is 0.917 bits per heavy atom. The van der Waals surface area contributed by atoms with Gasteiger partial charge in [-0.3, -0.25) is 14.5 Å². The van der Waals surface area contributed by atoms with Gasteiger partial charge in [-0.25, -0.2) is 4.39 Å². The van der Waals surface area contributed by atoms with Crippen LogP contribution in [-0.2, 0) is 15.3 Å². The number of hydrogen-bond acceptors (Lipinski definition) is 10. The summed E-state index contributed by atoms with van der Waals surface area (Å²) in [6, 6.07) is 17.4. The van der Waals surface area contributed by atoms with Gasteiger partial charge in [0.1, 0.15) is 17.3 Å². The summed E-state index contributed by atoms with van der Waals surface area (Å²) >= 11 is 2.38. The number of thioether (sulfide) groups is 1. The molecule has 1 amide bonds. The normalized spacial score (nSPS) is 15.6. The third-order valence-electron chi connectivity index (χ3n) is 7.54. The lowest BCUT2D eigenvalue weighted by Crippen LogP contribution is -2.29. The number of rotatable bonds is 16. The first-order valence-corrected chi connectivity index (χ1v) is 17.8. The Kier molecular flexibility index (Phi) is 12.1. The predicted molar refractivity (Wildman–Crippen MR) is 186 cm³/mol. The van der Waals surface area contributed by atoms with E-state index in [-0.39, 0.29) is 22.3 Å². The molecule has 1 atom stereocenters. The Morgan fingerprint density at radius 3 is 2.44 bits per heavy atom. The van der Waals surface area contributed by atoms with E-state index in [4.69, 9.17) is 14.2 Å². The van der Waals surface area contributed by atoms with Crippen molar-refractivity contribution < 1.29 is 33.3 Å². The third kappa shape index (κ3) is 7.99. The van der Waals surface area contributed by atoms with Crippen LogP contribution in [0.4, 0.5) is 9.52 Å². The molecule has 1 aliphatic heterocycles. The van der Waals surface area contributed by atoms with Crippen molar-refractivity contribution in [3.05, 3.63) is 94.8 Å².